The van der Waals surface area contributed by atoms with Crippen LogP contribution < -0.4 is 5.56 Å². The van der Waals surface area contributed by atoms with Gasteiger partial charge in [0.1, 0.15) is 11.6 Å². The van der Waals surface area contributed by atoms with Crippen LogP contribution >= 0.6 is 0 Å². The first-order valence-corrected chi connectivity index (χ1v) is 8.93. The average Bonchev–Trinajstić information content (AvgIpc) is 3.27. The van der Waals surface area contributed by atoms with E-state index in [-0.39, 0.29) is 24.8 Å². The van der Waals surface area contributed by atoms with Crippen LogP contribution in [0.2, 0.25) is 0 Å². The third-order valence-electron chi connectivity index (χ3n) is 4.88. The highest BCUT2D eigenvalue weighted by atomic mass is 16.4. The van der Waals surface area contributed by atoms with Crippen LogP contribution in [0.25, 0.3) is 10.9 Å². The molecule has 0 amide bonds. The van der Waals surface area contributed by atoms with E-state index in [9.17, 15) is 9.90 Å². The largest absolute Gasteiger partial charge is 0.445 e. The highest BCUT2D eigenvalue weighted by Gasteiger charge is 2.31. The van der Waals surface area contributed by atoms with Crippen molar-refractivity contribution in [3.63, 3.8) is 0 Å². The SMILES string of the molecule is Cc1cnc(CN2CCCC2c2nc3ccccc3c(=O)n2CCO)o1. The van der Waals surface area contributed by atoms with Crippen LogP contribution in [-0.2, 0) is 13.1 Å². The Morgan fingerprint density at radius 2 is 2.19 bits per heavy atom. The standard InChI is InChI=1S/C19H22N4O3/c1-13-11-20-17(26-13)12-22-8-4-7-16(22)18-21-15-6-3-2-5-14(15)19(25)23(18)9-10-24/h2-3,5-6,11,16,24H,4,7-10,12H2,1H3. The molecule has 1 saturated heterocycles. The Labute approximate surface area is 150 Å². The second-order valence-electron chi connectivity index (χ2n) is 6.66. The maximum atomic E-state index is 12.9. The number of benzene rings is 1. The van der Waals surface area contributed by atoms with Crippen LogP contribution in [0.3, 0.4) is 0 Å². The number of para-hydroxylation sites is 1. The van der Waals surface area contributed by atoms with Crippen molar-refractivity contribution in [1.82, 2.24) is 19.4 Å². The normalized spacial score (nSPS) is 18.0. The van der Waals surface area contributed by atoms with E-state index in [0.29, 0.717) is 29.2 Å². The van der Waals surface area contributed by atoms with Crippen molar-refractivity contribution in [1.29, 1.82) is 0 Å². The minimum atomic E-state index is -0.0986. The average molecular weight is 354 g/mol. The van der Waals surface area contributed by atoms with Gasteiger partial charge in [0.25, 0.3) is 5.56 Å². The van der Waals surface area contributed by atoms with Crippen LogP contribution in [0, 0.1) is 6.92 Å². The molecule has 1 N–H and O–H groups in total. The Hall–Kier alpha value is -2.51. The van der Waals surface area contributed by atoms with Crippen molar-refractivity contribution in [3.05, 3.63) is 58.3 Å². The molecule has 3 heterocycles. The van der Waals surface area contributed by atoms with Crippen molar-refractivity contribution >= 4 is 10.9 Å². The minimum Gasteiger partial charge on any atom is -0.445 e. The Balaban J connectivity index is 1.76. The zero-order valence-corrected chi connectivity index (χ0v) is 14.8. The maximum Gasteiger partial charge on any atom is 0.261 e. The molecule has 136 valence electrons. The van der Waals surface area contributed by atoms with Gasteiger partial charge in [-0.25, -0.2) is 9.97 Å². The molecule has 1 atom stereocenters. The van der Waals surface area contributed by atoms with E-state index >= 15 is 0 Å². The quantitative estimate of drug-likeness (QED) is 0.755. The number of likely N-dealkylation sites (tertiary alicyclic amines) is 1. The van der Waals surface area contributed by atoms with Crippen molar-refractivity contribution in [2.45, 2.75) is 38.9 Å². The van der Waals surface area contributed by atoms with E-state index in [1.807, 2.05) is 25.1 Å². The predicted molar refractivity (Wildman–Crippen MR) is 96.7 cm³/mol. The van der Waals surface area contributed by atoms with E-state index in [4.69, 9.17) is 9.40 Å². The summed E-state index contributed by atoms with van der Waals surface area (Å²) in [6.45, 7) is 3.50. The maximum absolute atomic E-state index is 12.9. The topological polar surface area (TPSA) is 84.4 Å². The van der Waals surface area contributed by atoms with Crippen molar-refractivity contribution in [3.8, 4) is 0 Å². The third kappa shape index (κ3) is 3.04. The zero-order valence-electron chi connectivity index (χ0n) is 14.8. The zero-order chi connectivity index (χ0) is 18.1. The van der Waals surface area contributed by atoms with Gasteiger partial charge in [0.2, 0.25) is 5.89 Å². The lowest BCUT2D eigenvalue weighted by atomic mass is 10.1. The minimum absolute atomic E-state index is 0.00561. The number of rotatable bonds is 5. The van der Waals surface area contributed by atoms with Gasteiger partial charge in [-0.2, -0.15) is 0 Å². The molecular weight excluding hydrogens is 332 g/mol. The van der Waals surface area contributed by atoms with Gasteiger partial charge in [-0.15, -0.1) is 0 Å². The summed E-state index contributed by atoms with van der Waals surface area (Å²) < 4.78 is 7.24. The molecule has 3 aromatic rings. The lowest BCUT2D eigenvalue weighted by Gasteiger charge is -2.25. The number of hydrogen-bond acceptors (Lipinski definition) is 6. The van der Waals surface area contributed by atoms with E-state index in [1.165, 1.54) is 0 Å². The van der Waals surface area contributed by atoms with E-state index in [2.05, 4.69) is 9.88 Å². The van der Waals surface area contributed by atoms with Gasteiger partial charge in [-0.1, -0.05) is 12.1 Å². The number of aliphatic hydroxyl groups excluding tert-OH is 1. The third-order valence-corrected chi connectivity index (χ3v) is 4.88. The monoisotopic (exact) mass is 354 g/mol. The first-order chi connectivity index (χ1) is 12.7. The molecule has 1 fully saturated rings. The fourth-order valence-electron chi connectivity index (χ4n) is 3.71. The van der Waals surface area contributed by atoms with Gasteiger partial charge in [0.15, 0.2) is 0 Å². The summed E-state index contributed by atoms with van der Waals surface area (Å²) in [6, 6.07) is 7.37. The molecule has 0 radical (unpaired) electrons. The summed E-state index contributed by atoms with van der Waals surface area (Å²) in [4.78, 5) is 24.3. The van der Waals surface area contributed by atoms with Crippen LogP contribution in [0.1, 0.15) is 36.4 Å². The van der Waals surface area contributed by atoms with Gasteiger partial charge in [0, 0.05) is 0 Å². The van der Waals surface area contributed by atoms with E-state index in [0.717, 1.165) is 25.1 Å². The summed E-state index contributed by atoms with van der Waals surface area (Å²) in [6.07, 6.45) is 3.65. The molecular formula is C19H22N4O3. The Kier molecular flexibility index (Phi) is 4.57. The molecule has 1 aliphatic heterocycles. The van der Waals surface area contributed by atoms with E-state index < -0.39 is 0 Å². The van der Waals surface area contributed by atoms with Crippen molar-refractivity contribution < 1.29 is 9.52 Å². The van der Waals surface area contributed by atoms with Gasteiger partial charge in [0.05, 0.1) is 42.8 Å². The number of hydrogen-bond donors (Lipinski definition) is 1. The number of aromatic nitrogens is 3. The molecule has 7 nitrogen and oxygen atoms in total. The summed E-state index contributed by atoms with van der Waals surface area (Å²) in [5.74, 6) is 2.17. The first kappa shape index (κ1) is 16.9. The highest BCUT2D eigenvalue weighted by molar-refractivity contribution is 5.77. The van der Waals surface area contributed by atoms with Gasteiger partial charge < -0.3 is 9.52 Å². The number of nitrogens with zero attached hydrogens (tertiary/aromatic N) is 4. The first-order valence-electron chi connectivity index (χ1n) is 8.93. The number of aliphatic hydroxyl groups is 1. The van der Waals surface area contributed by atoms with Crippen molar-refractivity contribution in [2.24, 2.45) is 0 Å². The second-order valence-corrected chi connectivity index (χ2v) is 6.66. The van der Waals surface area contributed by atoms with Crippen LogP contribution in [-0.4, -0.2) is 37.7 Å². The molecule has 0 aliphatic carbocycles. The molecule has 1 aliphatic rings. The fourth-order valence-corrected chi connectivity index (χ4v) is 3.71. The summed E-state index contributed by atoms with van der Waals surface area (Å²) in [5.41, 5.74) is 0.596. The van der Waals surface area contributed by atoms with Crippen LogP contribution in [0.5, 0.6) is 0 Å². The second kappa shape index (κ2) is 7.01. The molecule has 7 heteroatoms. The van der Waals surface area contributed by atoms with Crippen LogP contribution in [0.15, 0.2) is 39.7 Å². The molecule has 1 aromatic carbocycles. The summed E-state index contributed by atoms with van der Waals surface area (Å²) >= 11 is 0. The molecule has 0 spiro atoms. The predicted octanol–water partition coefficient (Wildman–Crippen LogP) is 2.02. The number of oxazole rings is 1. The lowest BCUT2D eigenvalue weighted by Crippen LogP contribution is -2.33. The van der Waals surface area contributed by atoms with E-state index in [1.54, 1.807) is 16.8 Å². The fraction of sp³-hybridized carbons (Fsp3) is 0.421. The van der Waals surface area contributed by atoms with Crippen LogP contribution in [0.4, 0.5) is 0 Å². The molecule has 0 saturated carbocycles. The molecule has 26 heavy (non-hydrogen) atoms. The smallest absolute Gasteiger partial charge is 0.261 e. The van der Waals surface area contributed by atoms with Gasteiger partial charge >= 0.3 is 0 Å². The summed E-state index contributed by atoms with van der Waals surface area (Å²) in [7, 11) is 0. The molecule has 2 aromatic heterocycles. The molecule has 4 rings (SSSR count). The highest BCUT2D eigenvalue weighted by Crippen LogP contribution is 2.32. The molecule has 1 unspecified atom stereocenters. The Morgan fingerprint density at radius 1 is 1.35 bits per heavy atom. The Bertz CT molecular complexity index is 978. The Morgan fingerprint density at radius 3 is 2.96 bits per heavy atom. The van der Waals surface area contributed by atoms with Gasteiger partial charge in [-0.05, 0) is 38.4 Å². The number of fused-ring (bicyclic) bond motifs is 1. The van der Waals surface area contributed by atoms with Crippen molar-refractivity contribution in [2.75, 3.05) is 13.2 Å². The molecule has 0 bridgehead atoms. The van der Waals surface area contributed by atoms with Gasteiger partial charge in [-0.3, -0.25) is 14.3 Å². The number of aryl methyl sites for hydroxylation is 1. The summed E-state index contributed by atoms with van der Waals surface area (Å²) in [5, 5.41) is 10.0. The lowest BCUT2D eigenvalue weighted by molar-refractivity contribution is 0.204.